The van der Waals surface area contributed by atoms with Crippen molar-refractivity contribution in [2.24, 2.45) is 5.92 Å². The predicted molar refractivity (Wildman–Crippen MR) is 79.6 cm³/mol. The first-order valence-electron chi connectivity index (χ1n) is 6.40. The molecule has 0 saturated carbocycles. The number of hydrogen-bond donors (Lipinski definition) is 1. The molecule has 0 amide bonds. The maximum Gasteiger partial charge on any atom is 0.389 e. The summed E-state index contributed by atoms with van der Waals surface area (Å²) in [6, 6.07) is 9.15. The van der Waals surface area contributed by atoms with E-state index in [9.17, 15) is 13.2 Å². The third-order valence-corrected chi connectivity index (χ3v) is 3.54. The molecule has 0 saturated heterocycles. The summed E-state index contributed by atoms with van der Waals surface area (Å²) >= 11 is 3.34. The fraction of sp³-hybridized carbons (Fsp3) is 0.357. The molecule has 7 heteroatoms. The number of hydrogen-bond acceptors (Lipinski definition) is 2. The van der Waals surface area contributed by atoms with Crippen LogP contribution in [0, 0.1) is 5.92 Å². The van der Waals surface area contributed by atoms with Crippen molar-refractivity contribution in [1.29, 1.82) is 0 Å². The number of alkyl halides is 3. The van der Waals surface area contributed by atoms with Gasteiger partial charge < -0.3 is 5.73 Å². The Bertz CT molecular complexity index is 605. The summed E-state index contributed by atoms with van der Waals surface area (Å²) in [4.78, 5) is 0. The van der Waals surface area contributed by atoms with E-state index in [4.69, 9.17) is 5.73 Å². The zero-order chi connectivity index (χ0) is 15.6. The molecule has 0 fully saturated rings. The highest BCUT2D eigenvalue weighted by Crippen LogP contribution is 2.27. The van der Waals surface area contributed by atoms with E-state index in [-0.39, 0.29) is 6.54 Å². The minimum Gasteiger partial charge on any atom is -0.384 e. The molecule has 114 valence electrons. The molecule has 2 aromatic rings. The van der Waals surface area contributed by atoms with Crippen LogP contribution in [0.4, 0.5) is 19.0 Å². The lowest BCUT2D eigenvalue weighted by atomic mass is 10.1. The van der Waals surface area contributed by atoms with Crippen molar-refractivity contribution >= 4 is 21.7 Å². The summed E-state index contributed by atoms with van der Waals surface area (Å²) in [7, 11) is 0. The lowest BCUT2D eigenvalue weighted by Crippen LogP contribution is -2.18. The number of nitrogens with two attached hydrogens (primary N) is 1. The minimum absolute atomic E-state index is 0.141. The Hall–Kier alpha value is -1.50. The van der Waals surface area contributed by atoms with E-state index in [1.807, 2.05) is 24.3 Å². The summed E-state index contributed by atoms with van der Waals surface area (Å²) in [6.07, 6.45) is -5.02. The van der Waals surface area contributed by atoms with Crippen molar-refractivity contribution in [3.05, 3.63) is 34.8 Å². The Morgan fingerprint density at radius 3 is 2.48 bits per heavy atom. The number of anilines is 1. The van der Waals surface area contributed by atoms with Gasteiger partial charge in [-0.05, 0) is 18.1 Å². The smallest absolute Gasteiger partial charge is 0.384 e. The summed E-state index contributed by atoms with van der Waals surface area (Å²) < 4.78 is 39.4. The van der Waals surface area contributed by atoms with Gasteiger partial charge in [0.2, 0.25) is 0 Å². The van der Waals surface area contributed by atoms with Crippen LogP contribution in [0.15, 0.2) is 34.8 Å². The zero-order valence-corrected chi connectivity index (χ0v) is 12.9. The summed E-state index contributed by atoms with van der Waals surface area (Å²) in [5.74, 6) is -0.216. The largest absolute Gasteiger partial charge is 0.389 e. The zero-order valence-electron chi connectivity index (χ0n) is 11.4. The van der Waals surface area contributed by atoms with Crippen LogP contribution in [-0.2, 0) is 6.54 Å². The number of aromatic nitrogens is 2. The van der Waals surface area contributed by atoms with Crippen molar-refractivity contribution in [2.75, 3.05) is 5.73 Å². The molecule has 0 aliphatic heterocycles. The van der Waals surface area contributed by atoms with Gasteiger partial charge >= 0.3 is 6.18 Å². The maximum absolute atomic E-state index is 12.4. The molecule has 1 aromatic heterocycles. The van der Waals surface area contributed by atoms with Gasteiger partial charge in [0.1, 0.15) is 5.82 Å². The third kappa shape index (κ3) is 4.49. The van der Waals surface area contributed by atoms with E-state index in [1.54, 1.807) is 6.07 Å². The van der Waals surface area contributed by atoms with Gasteiger partial charge in [0.05, 0.1) is 5.69 Å². The maximum atomic E-state index is 12.4. The second-order valence-corrected chi connectivity index (χ2v) is 5.98. The number of nitrogen functional groups attached to an aromatic ring is 1. The number of benzene rings is 1. The molecule has 0 aliphatic rings. The van der Waals surface area contributed by atoms with Crippen LogP contribution < -0.4 is 5.73 Å². The van der Waals surface area contributed by atoms with Crippen LogP contribution in [0.2, 0.25) is 0 Å². The molecule has 0 bridgehead atoms. The Morgan fingerprint density at radius 2 is 1.90 bits per heavy atom. The summed E-state index contributed by atoms with van der Waals surface area (Å²) in [6.45, 7) is 1.68. The Morgan fingerprint density at radius 1 is 1.29 bits per heavy atom. The second-order valence-electron chi connectivity index (χ2n) is 5.07. The van der Waals surface area contributed by atoms with E-state index in [0.29, 0.717) is 11.5 Å². The summed E-state index contributed by atoms with van der Waals surface area (Å²) in [5, 5.41) is 4.29. The molecule has 2 N–H and O–H groups in total. The van der Waals surface area contributed by atoms with Crippen LogP contribution in [0.25, 0.3) is 11.3 Å². The molecule has 1 unspecified atom stereocenters. The van der Waals surface area contributed by atoms with E-state index >= 15 is 0 Å². The van der Waals surface area contributed by atoms with E-state index in [1.165, 1.54) is 11.6 Å². The lowest BCUT2D eigenvalue weighted by Gasteiger charge is -2.14. The van der Waals surface area contributed by atoms with Crippen LogP contribution in [0.1, 0.15) is 13.3 Å². The second kappa shape index (κ2) is 6.09. The van der Waals surface area contributed by atoms with Crippen LogP contribution in [-0.4, -0.2) is 16.0 Å². The molecule has 21 heavy (non-hydrogen) atoms. The average Bonchev–Trinajstić information content (AvgIpc) is 2.69. The standard InChI is InChI=1S/C14H15BrF3N3/c1-9(7-14(16,17)18)8-21-13(19)6-12(20-21)10-2-4-11(15)5-3-10/h2-6,9H,7-8,19H2,1H3. The fourth-order valence-corrected chi connectivity index (χ4v) is 2.36. The van der Waals surface area contributed by atoms with Gasteiger partial charge in [-0.25, -0.2) is 4.68 Å². The minimum atomic E-state index is -4.17. The van der Waals surface area contributed by atoms with Gasteiger partial charge in [0, 0.05) is 29.1 Å². The highest BCUT2D eigenvalue weighted by Gasteiger charge is 2.30. The summed E-state index contributed by atoms with van der Waals surface area (Å²) in [5.41, 5.74) is 7.35. The van der Waals surface area contributed by atoms with E-state index < -0.39 is 18.5 Å². The number of rotatable bonds is 4. The number of halogens is 4. The first-order chi connectivity index (χ1) is 9.74. The van der Waals surface area contributed by atoms with Crippen molar-refractivity contribution in [3.8, 4) is 11.3 Å². The highest BCUT2D eigenvalue weighted by atomic mass is 79.9. The van der Waals surface area contributed by atoms with E-state index in [2.05, 4.69) is 21.0 Å². The molecule has 3 nitrogen and oxygen atoms in total. The average molecular weight is 362 g/mol. The molecular formula is C14H15BrF3N3. The van der Waals surface area contributed by atoms with Crippen LogP contribution in [0.5, 0.6) is 0 Å². The first-order valence-corrected chi connectivity index (χ1v) is 7.20. The normalized spacial score (nSPS) is 13.4. The third-order valence-electron chi connectivity index (χ3n) is 3.02. The van der Waals surface area contributed by atoms with Crippen molar-refractivity contribution < 1.29 is 13.2 Å². The van der Waals surface area contributed by atoms with Crippen molar-refractivity contribution in [3.63, 3.8) is 0 Å². The van der Waals surface area contributed by atoms with E-state index in [0.717, 1.165) is 10.0 Å². The van der Waals surface area contributed by atoms with Gasteiger partial charge in [-0.15, -0.1) is 0 Å². The molecule has 0 aliphatic carbocycles. The lowest BCUT2D eigenvalue weighted by molar-refractivity contribution is -0.144. The topological polar surface area (TPSA) is 43.8 Å². The van der Waals surface area contributed by atoms with Crippen molar-refractivity contribution in [1.82, 2.24) is 9.78 Å². The first kappa shape index (κ1) is 15.9. The quantitative estimate of drug-likeness (QED) is 0.872. The molecule has 1 atom stereocenters. The number of nitrogens with zero attached hydrogens (tertiary/aromatic N) is 2. The monoisotopic (exact) mass is 361 g/mol. The van der Waals surface area contributed by atoms with Gasteiger partial charge in [-0.1, -0.05) is 35.0 Å². The fourth-order valence-electron chi connectivity index (χ4n) is 2.09. The van der Waals surface area contributed by atoms with Gasteiger partial charge in [0.15, 0.2) is 0 Å². The molecule has 0 spiro atoms. The predicted octanol–water partition coefficient (Wildman–Crippen LogP) is 4.48. The van der Waals surface area contributed by atoms with Gasteiger partial charge in [0.25, 0.3) is 0 Å². The molecule has 1 aromatic carbocycles. The van der Waals surface area contributed by atoms with Crippen molar-refractivity contribution in [2.45, 2.75) is 26.1 Å². The molecule has 0 radical (unpaired) electrons. The Kier molecular flexibility index (Phi) is 4.61. The Labute approximate surface area is 129 Å². The molecular weight excluding hydrogens is 347 g/mol. The highest BCUT2D eigenvalue weighted by molar-refractivity contribution is 9.10. The SMILES string of the molecule is CC(Cn1nc(-c2ccc(Br)cc2)cc1N)CC(F)(F)F. The molecule has 1 heterocycles. The van der Waals surface area contributed by atoms with Gasteiger partial charge in [-0.2, -0.15) is 18.3 Å². The van der Waals surface area contributed by atoms with Crippen LogP contribution >= 0.6 is 15.9 Å². The van der Waals surface area contributed by atoms with Crippen LogP contribution in [0.3, 0.4) is 0 Å². The molecule has 2 rings (SSSR count). The Balaban J connectivity index is 2.14. The van der Waals surface area contributed by atoms with Gasteiger partial charge in [-0.3, -0.25) is 0 Å².